The number of ketones is 3. The normalized spacial score (nSPS) is 38.8. The number of carbonyl (C=O) groups excluding carboxylic acids is 5. The molecule has 17 nitrogen and oxygen atoms in total. The van der Waals surface area contributed by atoms with Gasteiger partial charge in [-0.15, -0.1) is 5.10 Å². The molecule has 17 heteroatoms. The second kappa shape index (κ2) is 25.7. The van der Waals surface area contributed by atoms with Gasteiger partial charge in [0.2, 0.25) is 5.79 Å². The number of methoxy groups -OCH3 is 3. The maximum absolute atomic E-state index is 14.5. The number of fused-ring (bicyclic) bond motifs is 3. The fraction of sp³-hybridized carbons (Fsp3) is 0.731. The molecule has 3 fully saturated rings. The number of amides is 1. The first-order valence-corrected chi connectivity index (χ1v) is 25.0. The van der Waals surface area contributed by atoms with Crippen molar-refractivity contribution in [3.05, 3.63) is 53.9 Å². The molecule has 0 aromatic carbocycles. The van der Waals surface area contributed by atoms with Gasteiger partial charge in [-0.1, -0.05) is 71.1 Å². The van der Waals surface area contributed by atoms with E-state index >= 15 is 0 Å². The molecule has 2 bridgehead atoms. The Morgan fingerprint density at radius 2 is 1.64 bits per heavy atom. The van der Waals surface area contributed by atoms with Crippen molar-refractivity contribution >= 4 is 29.2 Å². The van der Waals surface area contributed by atoms with Crippen LogP contribution in [0.2, 0.25) is 0 Å². The van der Waals surface area contributed by atoms with E-state index in [2.05, 4.69) is 15.5 Å². The van der Waals surface area contributed by atoms with Gasteiger partial charge in [-0.05, 0) is 117 Å². The molecule has 384 valence electrons. The van der Waals surface area contributed by atoms with Crippen LogP contribution in [0.4, 0.5) is 0 Å². The van der Waals surface area contributed by atoms with Gasteiger partial charge >= 0.3 is 5.97 Å². The van der Waals surface area contributed by atoms with Crippen molar-refractivity contribution in [1.29, 1.82) is 0 Å². The number of tetrazole rings is 1. The lowest BCUT2D eigenvalue weighted by molar-refractivity contribution is -0.265. The summed E-state index contributed by atoms with van der Waals surface area (Å²) in [4.78, 5) is 72.3. The number of carbonyl (C=O) groups is 5. The monoisotopic (exact) mass is 966 g/mol. The number of ether oxygens (including phenoxy) is 5. The molecule has 4 heterocycles. The molecule has 1 amide bonds. The Morgan fingerprint density at radius 1 is 0.884 bits per heavy atom. The van der Waals surface area contributed by atoms with Gasteiger partial charge in [0.25, 0.3) is 11.7 Å². The number of nitrogens with zero attached hydrogens (tertiary/aromatic N) is 5. The summed E-state index contributed by atoms with van der Waals surface area (Å²) < 4.78 is 31.6. The number of aliphatic hydroxyl groups is 2. The molecule has 1 saturated carbocycles. The van der Waals surface area contributed by atoms with E-state index in [-0.39, 0.29) is 60.9 Å². The van der Waals surface area contributed by atoms with E-state index in [0.717, 1.165) is 18.4 Å². The summed E-state index contributed by atoms with van der Waals surface area (Å²) >= 11 is 0. The minimum atomic E-state index is -2.43. The van der Waals surface area contributed by atoms with Crippen molar-refractivity contribution in [1.82, 2.24) is 25.1 Å². The summed E-state index contributed by atoms with van der Waals surface area (Å²) in [5, 5.41) is 35.2. The first-order valence-electron chi connectivity index (χ1n) is 25.0. The zero-order chi connectivity index (χ0) is 50.6. The Labute approximate surface area is 408 Å². The molecule has 1 aromatic heterocycles. The number of allylic oxidation sites excluding steroid dienone is 6. The number of hydrogen-bond acceptors (Lipinski definition) is 15. The fourth-order valence-electron chi connectivity index (χ4n) is 10.7. The van der Waals surface area contributed by atoms with Crippen LogP contribution in [0, 0.1) is 35.5 Å². The molecule has 2 N–H and O–H groups in total. The van der Waals surface area contributed by atoms with Crippen molar-refractivity contribution in [3.63, 3.8) is 0 Å². The molecule has 2 saturated heterocycles. The standard InChI is InChI=1S/C52H79N5O12/c1-31-16-12-11-13-17-32(2)43(65-8)28-39-21-19-37(7)52(64,69-39)49(61)50(62)56-23-15-14-18-41(56)51(63)68-44(34(4)26-38-20-22-40(45(27-38)66-9)57-30-53-54-55-57)29-42(58)33(3)25-36(6)47(60)48(67-10)46(59)35(5)24-31/h11-13,16-17,25,30-31,33-35,37-41,43-45,47-48,60,64H,14-15,18-24,26-29H2,1-10H3/b13-11+,16-12+,32-17+,36-25+/t31-,33-,34-,35-,37-,38+,39+,40+,41+,43+,44+,45-,47-,48-,52-/m1/s1. The summed E-state index contributed by atoms with van der Waals surface area (Å²) in [5.41, 5.74) is 1.27. The predicted octanol–water partition coefficient (Wildman–Crippen LogP) is 6.05. The van der Waals surface area contributed by atoms with Crippen LogP contribution in [-0.4, -0.2) is 141 Å². The number of cyclic esters (lactones) is 1. The van der Waals surface area contributed by atoms with Crippen LogP contribution in [0.3, 0.4) is 0 Å². The second-order valence-electron chi connectivity index (χ2n) is 20.4. The van der Waals surface area contributed by atoms with E-state index in [1.165, 1.54) is 12.0 Å². The first kappa shape index (κ1) is 55.7. The van der Waals surface area contributed by atoms with E-state index < -0.39 is 77.8 Å². The highest BCUT2D eigenvalue weighted by atomic mass is 16.6. The van der Waals surface area contributed by atoms with Gasteiger partial charge in [0.05, 0.1) is 24.4 Å². The molecule has 0 radical (unpaired) electrons. The highest BCUT2D eigenvalue weighted by molar-refractivity contribution is 6.39. The van der Waals surface area contributed by atoms with Crippen LogP contribution < -0.4 is 0 Å². The smallest absolute Gasteiger partial charge is 0.329 e. The topological polar surface area (TPSA) is 219 Å². The van der Waals surface area contributed by atoms with Gasteiger partial charge in [-0.25, -0.2) is 9.48 Å². The fourth-order valence-corrected chi connectivity index (χ4v) is 10.7. The minimum absolute atomic E-state index is 0.0170. The van der Waals surface area contributed by atoms with Crippen LogP contribution >= 0.6 is 0 Å². The number of rotatable bonds is 7. The molecule has 3 aliphatic heterocycles. The maximum Gasteiger partial charge on any atom is 0.329 e. The van der Waals surface area contributed by atoms with Crippen LogP contribution in [0.5, 0.6) is 0 Å². The van der Waals surface area contributed by atoms with Gasteiger partial charge in [0, 0.05) is 58.5 Å². The van der Waals surface area contributed by atoms with Crippen LogP contribution in [0.1, 0.15) is 132 Å². The molecule has 4 aliphatic rings. The van der Waals surface area contributed by atoms with Crippen LogP contribution in [-0.2, 0) is 47.7 Å². The molecule has 69 heavy (non-hydrogen) atoms. The Bertz CT molecular complexity index is 2020. The van der Waals surface area contributed by atoms with Gasteiger partial charge in [-0.2, -0.15) is 0 Å². The van der Waals surface area contributed by atoms with Crippen molar-refractivity contribution in [2.45, 2.75) is 180 Å². The predicted molar refractivity (Wildman–Crippen MR) is 256 cm³/mol. The number of Topliss-reactive ketones (excluding diaryl/α,β-unsaturated/α-hetero) is 3. The number of aliphatic hydroxyl groups excluding tert-OH is 1. The van der Waals surface area contributed by atoms with Gasteiger partial charge in [0.1, 0.15) is 36.5 Å². The Morgan fingerprint density at radius 3 is 2.32 bits per heavy atom. The summed E-state index contributed by atoms with van der Waals surface area (Å²) in [6.07, 6.45) is 13.9. The third-order valence-electron chi connectivity index (χ3n) is 15.2. The lowest BCUT2D eigenvalue weighted by atomic mass is 9.77. The zero-order valence-corrected chi connectivity index (χ0v) is 42.5. The summed E-state index contributed by atoms with van der Waals surface area (Å²) in [6, 6.07) is -1.19. The van der Waals surface area contributed by atoms with E-state index in [9.17, 15) is 34.2 Å². The number of hydrogen-bond donors (Lipinski definition) is 2. The largest absolute Gasteiger partial charge is 0.460 e. The summed E-state index contributed by atoms with van der Waals surface area (Å²) in [6.45, 7) is 12.8. The van der Waals surface area contributed by atoms with Crippen molar-refractivity contribution in [3.8, 4) is 0 Å². The zero-order valence-electron chi connectivity index (χ0n) is 42.5. The Hall–Kier alpha value is -4.26. The Balaban J connectivity index is 1.46. The van der Waals surface area contributed by atoms with Crippen molar-refractivity contribution in [2.75, 3.05) is 27.9 Å². The molecular weight excluding hydrogens is 887 g/mol. The van der Waals surface area contributed by atoms with E-state index in [1.54, 1.807) is 52.1 Å². The summed E-state index contributed by atoms with van der Waals surface area (Å²) in [5.74, 6) is -7.92. The number of esters is 1. The maximum atomic E-state index is 14.5. The SMILES string of the molecule is CO[C@H]1C[C@@H]2CC[C@@H](C)[C@@](O)(O2)C(=O)C(=O)N2CCCC[C@H]2C(=O)O[C@H]([C@H](C)C[C@@H]2CC[C@H](n3cnnn3)[C@H](OC)C2)CC(=O)[C@H](C)/C=C(\C)[C@@H](O)[C@H](OC)C(=O)[C@H](C)C[C@H](C)/C=C/C=C/C=C/1C. The van der Waals surface area contributed by atoms with Crippen molar-refractivity contribution < 1.29 is 57.9 Å². The van der Waals surface area contributed by atoms with E-state index in [0.29, 0.717) is 56.9 Å². The minimum Gasteiger partial charge on any atom is -0.460 e. The summed E-state index contributed by atoms with van der Waals surface area (Å²) in [7, 11) is 4.62. The third-order valence-corrected chi connectivity index (χ3v) is 15.2. The second-order valence-corrected chi connectivity index (χ2v) is 20.4. The molecule has 15 atom stereocenters. The molecule has 5 rings (SSSR count). The van der Waals surface area contributed by atoms with Gasteiger partial charge < -0.3 is 38.8 Å². The van der Waals surface area contributed by atoms with E-state index in [1.807, 2.05) is 58.1 Å². The van der Waals surface area contributed by atoms with Crippen LogP contribution in [0.25, 0.3) is 0 Å². The number of aromatic nitrogens is 4. The lowest BCUT2D eigenvalue weighted by Gasteiger charge is -2.42. The molecule has 0 unspecified atom stereocenters. The van der Waals surface area contributed by atoms with Crippen molar-refractivity contribution in [2.24, 2.45) is 35.5 Å². The third kappa shape index (κ3) is 14.2. The molecule has 1 aromatic rings. The Kier molecular flexibility index (Phi) is 20.8. The van der Waals surface area contributed by atoms with Gasteiger partial charge in [-0.3, -0.25) is 19.2 Å². The van der Waals surface area contributed by atoms with Crippen LogP contribution in [0.15, 0.2) is 53.9 Å². The number of piperidine rings is 1. The quantitative estimate of drug-likeness (QED) is 0.181. The highest BCUT2D eigenvalue weighted by Gasteiger charge is 2.53. The first-order chi connectivity index (χ1) is 32.8. The molecule has 1 aliphatic carbocycles. The average molecular weight is 966 g/mol. The van der Waals surface area contributed by atoms with Gasteiger partial charge in [0.15, 0.2) is 5.78 Å². The molecular formula is C52H79N5O12. The highest BCUT2D eigenvalue weighted by Crippen LogP contribution is 2.39. The van der Waals surface area contributed by atoms with E-state index in [4.69, 9.17) is 23.7 Å². The lowest BCUT2D eigenvalue weighted by Crippen LogP contribution is -2.61. The average Bonchev–Trinajstić information content (AvgIpc) is 3.88. The molecule has 0 spiro atoms.